The summed E-state index contributed by atoms with van der Waals surface area (Å²) in [7, 11) is 0. The number of amides is 2. The highest BCUT2D eigenvalue weighted by molar-refractivity contribution is 7.22. The van der Waals surface area contributed by atoms with Gasteiger partial charge < -0.3 is 9.64 Å². The van der Waals surface area contributed by atoms with Crippen LogP contribution >= 0.6 is 22.9 Å². The average molecular weight is 531 g/mol. The molecule has 0 bridgehead atoms. The standard InChI is InChI=1S/C26H28ClFN4O3S/c1-17-21(27)7-8-22-24(17)29-26(36-22)31(10-2-9-30-11-13-35-14-12-30)25(34)18-15-23(33)32(16-18)20-5-3-19(28)4-6-20/h3-8,18H,2,9-16H2,1H3. The first-order valence-electron chi connectivity index (χ1n) is 12.1. The number of thiazole rings is 1. The number of halogens is 2. The number of rotatable bonds is 7. The number of carbonyl (C=O) groups is 2. The maximum atomic E-state index is 13.8. The summed E-state index contributed by atoms with van der Waals surface area (Å²) in [5, 5.41) is 1.26. The van der Waals surface area contributed by atoms with Gasteiger partial charge in [0.05, 0.1) is 29.3 Å². The molecule has 190 valence electrons. The normalized spacial score (nSPS) is 18.8. The van der Waals surface area contributed by atoms with Crippen molar-refractivity contribution in [3.8, 4) is 0 Å². The van der Waals surface area contributed by atoms with Crippen LogP contribution in [0.2, 0.25) is 5.02 Å². The van der Waals surface area contributed by atoms with Crippen molar-refractivity contribution in [2.45, 2.75) is 19.8 Å². The van der Waals surface area contributed by atoms with Crippen LogP contribution in [0, 0.1) is 18.7 Å². The molecule has 3 aromatic rings. The second kappa shape index (κ2) is 10.8. The molecule has 2 amide bonds. The summed E-state index contributed by atoms with van der Waals surface area (Å²) in [6.07, 6.45) is 0.898. The summed E-state index contributed by atoms with van der Waals surface area (Å²) in [6.45, 7) is 6.77. The molecule has 0 radical (unpaired) electrons. The third-order valence-corrected chi connectivity index (χ3v) is 8.26. The van der Waals surface area contributed by atoms with Gasteiger partial charge in [0.25, 0.3) is 0 Å². The summed E-state index contributed by atoms with van der Waals surface area (Å²) in [6, 6.07) is 9.56. The molecule has 2 saturated heterocycles. The average Bonchev–Trinajstić information content (AvgIpc) is 3.49. The van der Waals surface area contributed by atoms with Gasteiger partial charge in [0.1, 0.15) is 5.82 Å². The lowest BCUT2D eigenvalue weighted by atomic mass is 10.1. The SMILES string of the molecule is Cc1c(Cl)ccc2sc(N(CCCN3CCOCC3)C(=O)C3CC(=O)N(c4ccc(F)cc4)C3)nc12. The van der Waals surface area contributed by atoms with E-state index in [1.165, 1.54) is 23.5 Å². The molecular weight excluding hydrogens is 503 g/mol. The molecule has 1 aromatic heterocycles. The molecule has 1 atom stereocenters. The summed E-state index contributed by atoms with van der Waals surface area (Å²) < 4.78 is 19.8. The van der Waals surface area contributed by atoms with Gasteiger partial charge >= 0.3 is 0 Å². The lowest BCUT2D eigenvalue weighted by Gasteiger charge is -2.28. The molecule has 2 aliphatic rings. The number of carbonyl (C=O) groups excluding carboxylic acids is 2. The zero-order chi connectivity index (χ0) is 25.2. The van der Waals surface area contributed by atoms with E-state index in [1.54, 1.807) is 21.9 Å². The number of fused-ring (bicyclic) bond motifs is 1. The van der Waals surface area contributed by atoms with Gasteiger partial charge in [-0.15, -0.1) is 0 Å². The summed E-state index contributed by atoms with van der Waals surface area (Å²) in [5.41, 5.74) is 2.28. The van der Waals surface area contributed by atoms with E-state index in [0.29, 0.717) is 22.4 Å². The van der Waals surface area contributed by atoms with Crippen LogP contribution in [-0.4, -0.2) is 67.6 Å². The molecule has 2 aliphatic heterocycles. The Balaban J connectivity index is 1.37. The van der Waals surface area contributed by atoms with Crippen molar-refractivity contribution >= 4 is 55.8 Å². The van der Waals surface area contributed by atoms with Gasteiger partial charge in [-0.25, -0.2) is 9.37 Å². The van der Waals surface area contributed by atoms with Gasteiger partial charge in [0.2, 0.25) is 11.8 Å². The molecule has 2 aromatic carbocycles. The fourth-order valence-electron chi connectivity index (χ4n) is 4.75. The minimum Gasteiger partial charge on any atom is -0.379 e. The first-order chi connectivity index (χ1) is 17.4. The van der Waals surface area contributed by atoms with E-state index in [4.69, 9.17) is 21.3 Å². The summed E-state index contributed by atoms with van der Waals surface area (Å²) in [4.78, 5) is 37.1. The lowest BCUT2D eigenvalue weighted by molar-refractivity contribution is -0.124. The third kappa shape index (κ3) is 5.25. The van der Waals surface area contributed by atoms with E-state index in [2.05, 4.69) is 4.90 Å². The molecule has 0 spiro atoms. The number of aryl methyl sites for hydroxylation is 1. The first-order valence-corrected chi connectivity index (χ1v) is 13.3. The first kappa shape index (κ1) is 25.1. The van der Waals surface area contributed by atoms with Crippen molar-refractivity contribution in [3.05, 3.63) is 52.8 Å². The molecule has 0 aliphatic carbocycles. The van der Waals surface area contributed by atoms with Gasteiger partial charge in [-0.1, -0.05) is 22.9 Å². The molecular formula is C26H28ClFN4O3S. The fourth-order valence-corrected chi connectivity index (χ4v) is 5.95. The highest BCUT2D eigenvalue weighted by Gasteiger charge is 2.38. The van der Waals surface area contributed by atoms with Crippen LogP contribution in [0.15, 0.2) is 36.4 Å². The minimum atomic E-state index is -0.498. The quantitative estimate of drug-likeness (QED) is 0.450. The van der Waals surface area contributed by atoms with Crippen molar-refractivity contribution in [2.24, 2.45) is 5.92 Å². The van der Waals surface area contributed by atoms with E-state index in [-0.39, 0.29) is 30.6 Å². The molecule has 0 N–H and O–H groups in total. The Hall–Kier alpha value is -2.59. The van der Waals surface area contributed by atoms with Crippen LogP contribution in [0.4, 0.5) is 15.2 Å². The smallest absolute Gasteiger partial charge is 0.234 e. The summed E-state index contributed by atoms with van der Waals surface area (Å²) in [5.74, 6) is -1.11. The molecule has 5 rings (SSSR count). The van der Waals surface area contributed by atoms with E-state index in [9.17, 15) is 14.0 Å². The van der Waals surface area contributed by atoms with Crippen LogP contribution < -0.4 is 9.80 Å². The number of nitrogens with zero attached hydrogens (tertiary/aromatic N) is 4. The zero-order valence-corrected chi connectivity index (χ0v) is 21.7. The maximum absolute atomic E-state index is 13.8. The highest BCUT2D eigenvalue weighted by atomic mass is 35.5. The van der Waals surface area contributed by atoms with Gasteiger partial charge in [0.15, 0.2) is 5.13 Å². The largest absolute Gasteiger partial charge is 0.379 e. The van der Waals surface area contributed by atoms with E-state index in [0.717, 1.165) is 55.0 Å². The van der Waals surface area contributed by atoms with Gasteiger partial charge in [0, 0.05) is 49.9 Å². The molecule has 3 heterocycles. The number of ether oxygens (including phenoxy) is 1. The van der Waals surface area contributed by atoms with Crippen molar-refractivity contribution in [1.29, 1.82) is 0 Å². The van der Waals surface area contributed by atoms with Gasteiger partial charge in [-0.05, 0) is 55.3 Å². The Morgan fingerprint density at radius 3 is 2.72 bits per heavy atom. The Bertz CT molecular complexity index is 1260. The Morgan fingerprint density at radius 1 is 1.22 bits per heavy atom. The van der Waals surface area contributed by atoms with E-state index >= 15 is 0 Å². The zero-order valence-electron chi connectivity index (χ0n) is 20.1. The molecule has 1 unspecified atom stereocenters. The monoisotopic (exact) mass is 530 g/mol. The van der Waals surface area contributed by atoms with E-state index in [1.807, 2.05) is 19.1 Å². The molecule has 0 saturated carbocycles. The van der Waals surface area contributed by atoms with Gasteiger partial charge in [-0.3, -0.25) is 19.4 Å². The molecule has 10 heteroatoms. The van der Waals surface area contributed by atoms with Crippen molar-refractivity contribution in [1.82, 2.24) is 9.88 Å². The van der Waals surface area contributed by atoms with Crippen LogP contribution in [0.25, 0.3) is 10.2 Å². The van der Waals surface area contributed by atoms with E-state index < -0.39 is 5.92 Å². The Kier molecular flexibility index (Phi) is 7.52. The van der Waals surface area contributed by atoms with Crippen LogP contribution in [0.5, 0.6) is 0 Å². The lowest BCUT2D eigenvalue weighted by Crippen LogP contribution is -2.41. The second-order valence-corrected chi connectivity index (χ2v) is 10.6. The minimum absolute atomic E-state index is 0.113. The number of hydrogen-bond acceptors (Lipinski definition) is 6. The number of morpholine rings is 1. The van der Waals surface area contributed by atoms with Crippen molar-refractivity contribution in [3.63, 3.8) is 0 Å². The summed E-state index contributed by atoms with van der Waals surface area (Å²) >= 11 is 7.78. The maximum Gasteiger partial charge on any atom is 0.234 e. The van der Waals surface area contributed by atoms with Crippen LogP contribution in [-0.2, 0) is 14.3 Å². The van der Waals surface area contributed by atoms with Crippen LogP contribution in [0.3, 0.4) is 0 Å². The topological polar surface area (TPSA) is 66.0 Å². The Labute approximate surface area is 218 Å². The molecule has 36 heavy (non-hydrogen) atoms. The Morgan fingerprint density at radius 2 is 1.97 bits per heavy atom. The number of aromatic nitrogens is 1. The predicted molar refractivity (Wildman–Crippen MR) is 140 cm³/mol. The highest BCUT2D eigenvalue weighted by Crippen LogP contribution is 2.35. The van der Waals surface area contributed by atoms with Crippen molar-refractivity contribution < 1.29 is 18.7 Å². The number of anilines is 2. The number of hydrogen-bond donors (Lipinski definition) is 0. The van der Waals surface area contributed by atoms with Crippen molar-refractivity contribution in [2.75, 3.05) is 55.7 Å². The fraction of sp³-hybridized carbons (Fsp3) is 0.423. The molecule has 2 fully saturated rings. The van der Waals surface area contributed by atoms with Gasteiger partial charge in [-0.2, -0.15) is 0 Å². The number of benzene rings is 2. The second-order valence-electron chi connectivity index (χ2n) is 9.19. The van der Waals surface area contributed by atoms with Crippen LogP contribution in [0.1, 0.15) is 18.4 Å². The predicted octanol–water partition coefficient (Wildman–Crippen LogP) is 4.51. The third-order valence-electron chi connectivity index (χ3n) is 6.81. The molecule has 7 nitrogen and oxygen atoms in total.